The van der Waals surface area contributed by atoms with E-state index in [1.807, 2.05) is 0 Å². The molecule has 0 saturated heterocycles. The lowest BCUT2D eigenvalue weighted by atomic mass is 9.94. The summed E-state index contributed by atoms with van der Waals surface area (Å²) in [5.74, 6) is 0.506. The van der Waals surface area contributed by atoms with E-state index < -0.39 is 0 Å². The van der Waals surface area contributed by atoms with E-state index in [2.05, 4.69) is 19.2 Å². The molecule has 112 valence electrons. The van der Waals surface area contributed by atoms with Crippen molar-refractivity contribution in [2.24, 2.45) is 17.6 Å². The van der Waals surface area contributed by atoms with E-state index in [-0.39, 0.29) is 11.8 Å². The Kier molecular flexibility index (Phi) is 7.10. The molecular weight excluding hydrogens is 319 g/mol. The zero-order valence-electron chi connectivity index (χ0n) is 11.6. The summed E-state index contributed by atoms with van der Waals surface area (Å²) in [5, 5.41) is 3.80. The lowest BCUT2D eigenvalue weighted by Gasteiger charge is -2.17. The third kappa shape index (κ3) is 5.49. The van der Waals surface area contributed by atoms with Crippen LogP contribution in [0, 0.1) is 11.8 Å². The van der Waals surface area contributed by atoms with Crippen molar-refractivity contribution in [2.75, 3.05) is 11.9 Å². The van der Waals surface area contributed by atoms with Crippen LogP contribution < -0.4 is 11.1 Å². The second-order valence-electron chi connectivity index (χ2n) is 5.23. The van der Waals surface area contributed by atoms with Crippen molar-refractivity contribution >= 4 is 46.4 Å². The summed E-state index contributed by atoms with van der Waals surface area (Å²) >= 11 is 17.9. The molecule has 0 fully saturated rings. The highest BCUT2D eigenvalue weighted by molar-refractivity contribution is 6.42. The molecule has 3 nitrogen and oxygen atoms in total. The Hall–Kier alpha value is -0.480. The number of hydrogen-bond donors (Lipinski definition) is 2. The van der Waals surface area contributed by atoms with Crippen LogP contribution in [0.1, 0.15) is 26.7 Å². The third-order valence-electron chi connectivity index (χ3n) is 2.88. The third-order valence-corrected chi connectivity index (χ3v) is 3.70. The molecule has 0 saturated carbocycles. The number of nitrogens with two attached hydrogens (primary N) is 1. The number of hydrogen-bond acceptors (Lipinski definition) is 2. The molecule has 0 spiro atoms. The Labute approximate surface area is 134 Å². The average molecular weight is 338 g/mol. The maximum Gasteiger partial charge on any atom is 0.224 e. The molecule has 1 amide bonds. The van der Waals surface area contributed by atoms with Crippen LogP contribution in [0.2, 0.25) is 15.1 Å². The van der Waals surface area contributed by atoms with Gasteiger partial charge in [0.1, 0.15) is 0 Å². The van der Waals surface area contributed by atoms with Gasteiger partial charge < -0.3 is 11.1 Å². The Bertz CT molecular complexity index is 454. The van der Waals surface area contributed by atoms with Gasteiger partial charge in [-0.2, -0.15) is 0 Å². The second-order valence-corrected chi connectivity index (χ2v) is 6.48. The fraction of sp³-hybridized carbons (Fsp3) is 0.500. The minimum atomic E-state index is -0.146. The number of benzene rings is 1. The van der Waals surface area contributed by atoms with Gasteiger partial charge in [0, 0.05) is 11.4 Å². The lowest BCUT2D eigenvalue weighted by Crippen LogP contribution is -2.23. The predicted octanol–water partition coefficient (Wildman–Crippen LogP) is 4.60. The first kappa shape index (κ1) is 17.6. The standard InChI is InChI=1S/C14H19Cl3N2O/c1-8(2)3-9(7-18)4-13(20)19-14-11(16)5-10(15)6-12(14)17/h5-6,8-9H,3-4,7,18H2,1-2H3,(H,19,20). The molecule has 3 N–H and O–H groups in total. The van der Waals surface area contributed by atoms with Crippen LogP contribution in [0.25, 0.3) is 0 Å². The summed E-state index contributed by atoms with van der Waals surface area (Å²) in [5.41, 5.74) is 6.08. The second kappa shape index (κ2) is 8.08. The van der Waals surface area contributed by atoms with E-state index >= 15 is 0 Å². The Morgan fingerprint density at radius 2 is 1.80 bits per heavy atom. The molecule has 1 aromatic carbocycles. The molecule has 6 heteroatoms. The van der Waals surface area contributed by atoms with Gasteiger partial charge in [-0.1, -0.05) is 48.7 Å². The number of nitrogens with one attached hydrogen (secondary N) is 1. The quantitative estimate of drug-likeness (QED) is 0.797. The Morgan fingerprint density at radius 1 is 1.25 bits per heavy atom. The number of rotatable bonds is 6. The molecule has 0 radical (unpaired) electrons. The predicted molar refractivity (Wildman–Crippen MR) is 86.7 cm³/mol. The summed E-state index contributed by atoms with van der Waals surface area (Å²) in [4.78, 5) is 12.0. The SMILES string of the molecule is CC(C)CC(CN)CC(=O)Nc1c(Cl)cc(Cl)cc1Cl. The summed E-state index contributed by atoms with van der Waals surface area (Å²) in [6.07, 6.45) is 1.26. The highest BCUT2D eigenvalue weighted by atomic mass is 35.5. The highest BCUT2D eigenvalue weighted by Gasteiger charge is 2.16. The first-order chi connectivity index (χ1) is 9.33. The topological polar surface area (TPSA) is 55.1 Å². The molecule has 0 aromatic heterocycles. The van der Waals surface area contributed by atoms with Gasteiger partial charge >= 0.3 is 0 Å². The van der Waals surface area contributed by atoms with E-state index in [0.717, 1.165) is 6.42 Å². The largest absolute Gasteiger partial charge is 0.330 e. The fourth-order valence-electron chi connectivity index (χ4n) is 2.04. The normalized spacial score (nSPS) is 12.6. The monoisotopic (exact) mass is 336 g/mol. The molecule has 0 aliphatic heterocycles. The minimum Gasteiger partial charge on any atom is -0.330 e. The fourth-order valence-corrected chi connectivity index (χ4v) is 2.96. The molecule has 1 atom stereocenters. The highest BCUT2D eigenvalue weighted by Crippen LogP contribution is 2.33. The van der Waals surface area contributed by atoms with Crippen molar-refractivity contribution in [3.63, 3.8) is 0 Å². The molecule has 20 heavy (non-hydrogen) atoms. The maximum absolute atomic E-state index is 12.0. The molecular formula is C14H19Cl3N2O. The van der Waals surface area contributed by atoms with Crippen LogP contribution in [0.4, 0.5) is 5.69 Å². The van der Waals surface area contributed by atoms with Crippen molar-refractivity contribution in [1.29, 1.82) is 0 Å². The van der Waals surface area contributed by atoms with Crippen molar-refractivity contribution in [2.45, 2.75) is 26.7 Å². The van der Waals surface area contributed by atoms with Gasteiger partial charge in [0.2, 0.25) is 5.91 Å². The van der Waals surface area contributed by atoms with Gasteiger partial charge in [0.25, 0.3) is 0 Å². The molecule has 0 aliphatic rings. The molecule has 0 heterocycles. The van der Waals surface area contributed by atoms with Crippen LogP contribution >= 0.6 is 34.8 Å². The van der Waals surface area contributed by atoms with E-state index in [4.69, 9.17) is 40.5 Å². The lowest BCUT2D eigenvalue weighted by molar-refractivity contribution is -0.117. The van der Waals surface area contributed by atoms with Crippen molar-refractivity contribution in [1.82, 2.24) is 0 Å². The molecule has 0 bridgehead atoms. The van der Waals surface area contributed by atoms with Crippen molar-refractivity contribution in [3.05, 3.63) is 27.2 Å². The van der Waals surface area contributed by atoms with E-state index in [0.29, 0.717) is 39.6 Å². The van der Waals surface area contributed by atoms with Crippen LogP contribution in [0.5, 0.6) is 0 Å². The Morgan fingerprint density at radius 3 is 2.25 bits per heavy atom. The van der Waals surface area contributed by atoms with Crippen LogP contribution in [-0.4, -0.2) is 12.5 Å². The minimum absolute atomic E-state index is 0.146. The van der Waals surface area contributed by atoms with Gasteiger partial charge in [0.15, 0.2) is 0 Å². The molecule has 0 aliphatic carbocycles. The molecule has 1 rings (SSSR count). The van der Waals surface area contributed by atoms with Crippen LogP contribution in [-0.2, 0) is 4.79 Å². The van der Waals surface area contributed by atoms with Gasteiger partial charge in [-0.3, -0.25) is 4.79 Å². The molecule has 1 unspecified atom stereocenters. The van der Waals surface area contributed by atoms with Gasteiger partial charge in [-0.25, -0.2) is 0 Å². The van der Waals surface area contributed by atoms with Gasteiger partial charge in [-0.15, -0.1) is 0 Å². The number of amides is 1. The van der Waals surface area contributed by atoms with Crippen molar-refractivity contribution < 1.29 is 4.79 Å². The summed E-state index contributed by atoms with van der Waals surface area (Å²) in [6, 6.07) is 3.08. The smallest absolute Gasteiger partial charge is 0.224 e. The van der Waals surface area contributed by atoms with Crippen molar-refractivity contribution in [3.8, 4) is 0 Å². The zero-order valence-corrected chi connectivity index (χ0v) is 13.8. The number of carbonyl (C=O) groups excluding carboxylic acids is 1. The number of halogens is 3. The maximum atomic E-state index is 12.0. The van der Waals surface area contributed by atoms with E-state index in [9.17, 15) is 4.79 Å². The van der Waals surface area contributed by atoms with Gasteiger partial charge in [-0.05, 0) is 36.9 Å². The van der Waals surface area contributed by atoms with E-state index in [1.165, 1.54) is 0 Å². The summed E-state index contributed by atoms with van der Waals surface area (Å²) < 4.78 is 0. The summed E-state index contributed by atoms with van der Waals surface area (Å²) in [7, 11) is 0. The van der Waals surface area contributed by atoms with Crippen LogP contribution in [0.15, 0.2) is 12.1 Å². The first-order valence-electron chi connectivity index (χ1n) is 6.48. The number of carbonyl (C=O) groups is 1. The van der Waals surface area contributed by atoms with E-state index in [1.54, 1.807) is 12.1 Å². The van der Waals surface area contributed by atoms with Gasteiger partial charge in [0.05, 0.1) is 15.7 Å². The number of anilines is 1. The molecule has 1 aromatic rings. The van der Waals surface area contributed by atoms with Crippen LogP contribution in [0.3, 0.4) is 0 Å². The first-order valence-corrected chi connectivity index (χ1v) is 7.61. The average Bonchev–Trinajstić information content (AvgIpc) is 2.32. The Balaban J connectivity index is 2.71. The summed E-state index contributed by atoms with van der Waals surface area (Å²) in [6.45, 7) is 4.69. The zero-order chi connectivity index (χ0) is 15.3.